The van der Waals surface area contributed by atoms with Crippen LogP contribution in [-0.4, -0.2) is 50.1 Å². The number of benzene rings is 2. The van der Waals surface area contributed by atoms with Gasteiger partial charge in [-0.15, -0.1) is 22.7 Å². The summed E-state index contributed by atoms with van der Waals surface area (Å²) in [6.45, 7) is 1.58. The van der Waals surface area contributed by atoms with Crippen LogP contribution in [0.4, 0.5) is 8.78 Å². The Balaban J connectivity index is 1.25. The van der Waals surface area contributed by atoms with Crippen molar-refractivity contribution < 1.29 is 47.2 Å². The summed E-state index contributed by atoms with van der Waals surface area (Å²) in [5.74, 6) is -3.42. The SMILES string of the molecule is COc1cc2sc(C(=O)C[C@H](C)C(=O)O)cc2c(F)c1OCCCOc1cc2sc(C(=O)C3CCC3)cc2c(F)c1OC. The summed E-state index contributed by atoms with van der Waals surface area (Å²) in [5.41, 5.74) is 0. The number of aliphatic carboxylic acids is 1. The Labute approximate surface area is 254 Å². The second kappa shape index (κ2) is 12.8. The maximum Gasteiger partial charge on any atom is 0.306 e. The number of methoxy groups -OCH3 is 2. The standard InChI is InChI=1S/C31H30F2O8S2/c1-15(31(36)37)10-19(34)24-11-17-22(42-24)13-20(38-2)30(27(17)33)41-9-5-8-40-21-14-23-18(26(32)29(21)39-3)12-25(43-23)28(35)16-6-4-7-16/h11-16H,4-10H2,1-3H3,(H,36,37)/t15-/m0/s1. The summed E-state index contributed by atoms with van der Waals surface area (Å²) in [6, 6.07) is 6.20. The topological polar surface area (TPSA) is 108 Å². The van der Waals surface area contributed by atoms with E-state index in [0.29, 0.717) is 26.1 Å². The summed E-state index contributed by atoms with van der Waals surface area (Å²) >= 11 is 2.29. The minimum atomic E-state index is -1.08. The summed E-state index contributed by atoms with van der Waals surface area (Å²) in [6.07, 6.45) is 2.87. The number of hydrogen-bond donors (Lipinski definition) is 1. The molecular weight excluding hydrogens is 602 g/mol. The minimum Gasteiger partial charge on any atom is -0.493 e. The molecule has 0 bridgehead atoms. The van der Waals surface area contributed by atoms with E-state index >= 15 is 8.78 Å². The van der Waals surface area contributed by atoms with Crippen LogP contribution in [0.3, 0.4) is 0 Å². The number of Topliss-reactive ketones (excluding diaryl/α,β-unsaturated/α-hetero) is 2. The van der Waals surface area contributed by atoms with Crippen molar-refractivity contribution in [2.75, 3.05) is 27.4 Å². The molecule has 1 N–H and O–H groups in total. The lowest BCUT2D eigenvalue weighted by atomic mass is 9.82. The summed E-state index contributed by atoms with van der Waals surface area (Å²) in [7, 11) is 2.71. The number of carboxylic acids is 1. The maximum atomic E-state index is 15.5. The predicted molar refractivity (Wildman–Crippen MR) is 160 cm³/mol. The monoisotopic (exact) mass is 632 g/mol. The largest absolute Gasteiger partial charge is 0.493 e. The Hall–Kier alpha value is -3.77. The molecule has 1 saturated carbocycles. The van der Waals surface area contributed by atoms with Crippen molar-refractivity contribution in [3.05, 3.63) is 45.7 Å². The Morgan fingerprint density at radius 2 is 1.49 bits per heavy atom. The third-order valence-electron chi connectivity index (χ3n) is 7.49. The maximum absolute atomic E-state index is 15.5. The van der Waals surface area contributed by atoms with E-state index in [9.17, 15) is 14.4 Å². The quantitative estimate of drug-likeness (QED) is 0.112. The molecule has 0 amide bonds. The average molecular weight is 633 g/mol. The molecule has 0 spiro atoms. The van der Waals surface area contributed by atoms with E-state index in [0.717, 1.165) is 30.6 Å². The van der Waals surface area contributed by atoms with Gasteiger partial charge in [0.2, 0.25) is 0 Å². The van der Waals surface area contributed by atoms with E-state index in [1.165, 1.54) is 38.5 Å². The highest BCUT2D eigenvalue weighted by molar-refractivity contribution is 7.21. The predicted octanol–water partition coefficient (Wildman–Crippen LogP) is 7.54. The van der Waals surface area contributed by atoms with Gasteiger partial charge in [-0.2, -0.15) is 0 Å². The van der Waals surface area contributed by atoms with E-state index in [2.05, 4.69) is 0 Å². The van der Waals surface area contributed by atoms with Crippen LogP contribution in [0, 0.1) is 23.5 Å². The van der Waals surface area contributed by atoms with Gasteiger partial charge in [-0.1, -0.05) is 13.3 Å². The van der Waals surface area contributed by atoms with Gasteiger partial charge in [-0.3, -0.25) is 14.4 Å². The first-order valence-corrected chi connectivity index (χ1v) is 15.4. The Bertz CT molecular complexity index is 1710. The molecule has 0 saturated heterocycles. The summed E-state index contributed by atoms with van der Waals surface area (Å²) in [5, 5.41) is 9.58. The highest BCUT2D eigenvalue weighted by Gasteiger charge is 2.29. The van der Waals surface area contributed by atoms with Gasteiger partial charge < -0.3 is 24.1 Å². The average Bonchev–Trinajstić information content (AvgIpc) is 3.58. The highest BCUT2D eigenvalue weighted by atomic mass is 32.1. The van der Waals surface area contributed by atoms with Crippen LogP contribution in [-0.2, 0) is 4.79 Å². The third kappa shape index (κ3) is 6.16. The smallest absolute Gasteiger partial charge is 0.306 e. The first kappa shape index (κ1) is 30.7. The fourth-order valence-corrected chi connectivity index (χ4v) is 6.93. The van der Waals surface area contributed by atoms with E-state index in [4.69, 9.17) is 24.1 Å². The zero-order valence-electron chi connectivity index (χ0n) is 23.8. The molecule has 8 nitrogen and oxygen atoms in total. The van der Waals surface area contributed by atoms with Crippen LogP contribution in [0.15, 0.2) is 24.3 Å². The van der Waals surface area contributed by atoms with Crippen LogP contribution >= 0.6 is 22.7 Å². The van der Waals surface area contributed by atoms with E-state index < -0.39 is 23.5 Å². The Morgan fingerprint density at radius 1 is 0.884 bits per heavy atom. The molecule has 1 fully saturated rings. The van der Waals surface area contributed by atoms with Crippen molar-refractivity contribution >= 4 is 60.4 Å². The van der Waals surface area contributed by atoms with Crippen LogP contribution in [0.1, 0.15) is 58.4 Å². The molecular formula is C31H30F2O8S2. The third-order valence-corrected chi connectivity index (χ3v) is 9.71. The van der Waals surface area contributed by atoms with Crippen molar-refractivity contribution in [3.8, 4) is 23.0 Å². The molecule has 4 aromatic rings. The fourth-order valence-electron chi connectivity index (χ4n) is 4.79. The molecule has 0 unspecified atom stereocenters. The lowest BCUT2D eigenvalue weighted by Crippen LogP contribution is -2.20. The Kier molecular flexibility index (Phi) is 9.16. The molecule has 228 valence electrons. The van der Waals surface area contributed by atoms with Crippen LogP contribution in [0.2, 0.25) is 0 Å². The molecule has 2 aromatic carbocycles. The molecule has 0 aliphatic heterocycles. The first-order chi connectivity index (χ1) is 20.6. The number of halogens is 2. The number of ketones is 2. The van der Waals surface area contributed by atoms with Gasteiger partial charge in [0.05, 0.1) is 43.1 Å². The molecule has 1 aliphatic carbocycles. The fraction of sp³-hybridized carbons (Fsp3) is 0.387. The highest BCUT2D eigenvalue weighted by Crippen LogP contribution is 2.42. The number of carbonyl (C=O) groups excluding carboxylic acids is 2. The Morgan fingerprint density at radius 3 is 2.09 bits per heavy atom. The number of rotatable bonds is 14. The van der Waals surface area contributed by atoms with Crippen molar-refractivity contribution in [1.29, 1.82) is 0 Å². The first-order valence-electron chi connectivity index (χ1n) is 13.8. The van der Waals surface area contributed by atoms with Crippen LogP contribution in [0.25, 0.3) is 20.2 Å². The molecule has 5 rings (SSSR count). The zero-order chi connectivity index (χ0) is 30.8. The van der Waals surface area contributed by atoms with Gasteiger partial charge in [-0.25, -0.2) is 8.78 Å². The van der Waals surface area contributed by atoms with Gasteiger partial charge >= 0.3 is 5.97 Å². The number of ether oxygens (including phenoxy) is 4. The molecule has 2 aromatic heterocycles. The number of fused-ring (bicyclic) bond motifs is 2. The van der Waals surface area contributed by atoms with Crippen molar-refractivity contribution in [3.63, 3.8) is 0 Å². The number of carbonyl (C=O) groups is 3. The second-order valence-corrected chi connectivity index (χ2v) is 12.6. The number of thiophene rings is 2. The van der Waals surface area contributed by atoms with Gasteiger partial charge in [0.15, 0.2) is 46.2 Å². The van der Waals surface area contributed by atoms with E-state index in [1.54, 1.807) is 18.2 Å². The van der Waals surface area contributed by atoms with Crippen molar-refractivity contribution in [2.24, 2.45) is 11.8 Å². The van der Waals surface area contributed by atoms with E-state index in [1.807, 2.05) is 0 Å². The number of hydrogen-bond acceptors (Lipinski definition) is 9. The molecule has 1 atom stereocenters. The zero-order valence-corrected chi connectivity index (χ0v) is 25.4. The lowest BCUT2D eigenvalue weighted by Gasteiger charge is -2.22. The molecule has 1 aliphatic rings. The van der Waals surface area contributed by atoms with E-state index in [-0.39, 0.29) is 70.4 Å². The lowest BCUT2D eigenvalue weighted by molar-refractivity contribution is -0.141. The van der Waals surface area contributed by atoms with Crippen molar-refractivity contribution in [1.82, 2.24) is 0 Å². The molecule has 43 heavy (non-hydrogen) atoms. The number of carboxylic acid groups (broad SMARTS) is 1. The molecule has 2 heterocycles. The summed E-state index contributed by atoms with van der Waals surface area (Å²) in [4.78, 5) is 37.1. The second-order valence-electron chi connectivity index (χ2n) is 10.4. The summed E-state index contributed by atoms with van der Waals surface area (Å²) < 4.78 is 53.9. The van der Waals surface area contributed by atoms with Crippen LogP contribution in [0.5, 0.6) is 23.0 Å². The minimum absolute atomic E-state index is 0.00910. The van der Waals surface area contributed by atoms with Gasteiger partial charge in [0, 0.05) is 51.1 Å². The van der Waals surface area contributed by atoms with Gasteiger partial charge in [0.1, 0.15) is 0 Å². The van der Waals surface area contributed by atoms with Gasteiger partial charge in [-0.05, 0) is 25.0 Å². The van der Waals surface area contributed by atoms with Crippen LogP contribution < -0.4 is 18.9 Å². The van der Waals surface area contributed by atoms with Crippen molar-refractivity contribution in [2.45, 2.75) is 39.0 Å². The molecule has 0 radical (unpaired) electrons. The normalized spacial score (nSPS) is 14.0. The molecule has 12 heteroatoms. The van der Waals surface area contributed by atoms with Gasteiger partial charge in [0.25, 0.3) is 0 Å².